The number of nitrogens with one attached hydrogen (secondary N) is 2. The van der Waals surface area contributed by atoms with Crippen LogP contribution in [0.3, 0.4) is 0 Å². The zero-order valence-corrected chi connectivity index (χ0v) is 18.6. The second-order valence-electron chi connectivity index (χ2n) is 7.38. The molecule has 3 rings (SSSR count). The van der Waals surface area contributed by atoms with Gasteiger partial charge in [-0.25, -0.2) is 4.68 Å². The van der Waals surface area contributed by atoms with Gasteiger partial charge in [0.05, 0.1) is 24.9 Å². The van der Waals surface area contributed by atoms with Crippen molar-refractivity contribution in [1.82, 2.24) is 15.1 Å². The number of hydrogen-bond acceptors (Lipinski definition) is 4. The van der Waals surface area contributed by atoms with E-state index >= 15 is 0 Å². The molecule has 0 aliphatic carbocycles. The van der Waals surface area contributed by atoms with E-state index in [-0.39, 0.29) is 11.8 Å². The second-order valence-corrected chi connectivity index (χ2v) is 7.38. The van der Waals surface area contributed by atoms with Gasteiger partial charge in [-0.2, -0.15) is 5.10 Å². The fraction of sp³-hybridized carbons (Fsp3) is 0.320. The number of rotatable bonds is 11. The molecule has 168 valence electrons. The number of ether oxygens (including phenoxy) is 1. The average molecular weight is 435 g/mol. The predicted molar refractivity (Wildman–Crippen MR) is 125 cm³/mol. The van der Waals surface area contributed by atoms with Crippen LogP contribution in [-0.2, 0) is 17.8 Å². The van der Waals surface area contributed by atoms with E-state index in [1.807, 2.05) is 13.0 Å². The number of carbonyl (C=O) groups is 2. The Balaban J connectivity index is 1.45. The van der Waals surface area contributed by atoms with Crippen molar-refractivity contribution in [2.75, 3.05) is 18.5 Å². The zero-order valence-electron chi connectivity index (χ0n) is 18.6. The number of aryl methyl sites for hydroxylation is 1. The van der Waals surface area contributed by atoms with Crippen molar-refractivity contribution in [3.63, 3.8) is 0 Å². The van der Waals surface area contributed by atoms with Crippen molar-refractivity contribution >= 4 is 17.6 Å². The molecule has 0 fully saturated rings. The lowest BCUT2D eigenvalue weighted by atomic mass is 10.1. The van der Waals surface area contributed by atoms with Gasteiger partial charge in [-0.1, -0.05) is 43.3 Å². The van der Waals surface area contributed by atoms with Crippen molar-refractivity contribution in [3.8, 4) is 5.75 Å². The Bertz CT molecular complexity index is 1030. The number of hydrogen-bond donors (Lipinski definition) is 2. The monoisotopic (exact) mass is 434 g/mol. The first-order valence-corrected chi connectivity index (χ1v) is 11.0. The smallest absolute Gasteiger partial charge is 0.255 e. The lowest BCUT2D eigenvalue weighted by molar-refractivity contribution is -0.116. The van der Waals surface area contributed by atoms with Crippen molar-refractivity contribution in [2.45, 2.75) is 39.7 Å². The standard InChI is InChI=1S/C25H30N4O3/c1-3-19-11-13-20(14-12-19)18-29-23(15-17-27-29)28-24(30)10-7-16-26-25(31)21-8-5-6-9-22(21)32-4-2/h5-6,8-9,11-15,17H,3-4,7,10,16,18H2,1-2H3,(H,26,31)(H,28,30). The number of carbonyl (C=O) groups excluding carboxylic acids is 2. The summed E-state index contributed by atoms with van der Waals surface area (Å²) in [4.78, 5) is 24.8. The molecule has 32 heavy (non-hydrogen) atoms. The molecule has 0 radical (unpaired) electrons. The Kier molecular flexibility index (Phi) is 8.43. The molecule has 0 saturated carbocycles. The van der Waals surface area contributed by atoms with E-state index in [0.29, 0.717) is 49.7 Å². The van der Waals surface area contributed by atoms with Crippen LogP contribution in [0.4, 0.5) is 5.82 Å². The van der Waals surface area contributed by atoms with Crippen LogP contribution in [0.15, 0.2) is 60.8 Å². The highest BCUT2D eigenvalue weighted by Gasteiger charge is 2.12. The first-order chi connectivity index (χ1) is 15.6. The van der Waals surface area contributed by atoms with Crippen molar-refractivity contribution < 1.29 is 14.3 Å². The maximum Gasteiger partial charge on any atom is 0.255 e. The lowest BCUT2D eigenvalue weighted by Gasteiger charge is -2.11. The molecular weight excluding hydrogens is 404 g/mol. The summed E-state index contributed by atoms with van der Waals surface area (Å²) in [5.41, 5.74) is 2.90. The summed E-state index contributed by atoms with van der Waals surface area (Å²) in [7, 11) is 0. The van der Waals surface area contributed by atoms with Gasteiger partial charge in [-0.05, 0) is 43.0 Å². The summed E-state index contributed by atoms with van der Waals surface area (Å²) >= 11 is 0. The largest absolute Gasteiger partial charge is 0.493 e. The molecule has 0 unspecified atom stereocenters. The summed E-state index contributed by atoms with van der Waals surface area (Å²) in [6.45, 7) is 5.48. The fourth-order valence-corrected chi connectivity index (χ4v) is 3.31. The molecule has 1 aromatic heterocycles. The summed E-state index contributed by atoms with van der Waals surface area (Å²) in [6, 6.07) is 17.3. The Labute approximate surface area is 188 Å². The maximum atomic E-state index is 12.4. The third-order valence-electron chi connectivity index (χ3n) is 5.05. The Hall–Kier alpha value is -3.61. The Morgan fingerprint density at radius 1 is 1.00 bits per heavy atom. The van der Waals surface area contributed by atoms with Crippen LogP contribution in [0.1, 0.15) is 48.2 Å². The highest BCUT2D eigenvalue weighted by Crippen LogP contribution is 2.17. The predicted octanol–water partition coefficient (Wildman–Crippen LogP) is 4.04. The third-order valence-corrected chi connectivity index (χ3v) is 5.05. The molecule has 7 nitrogen and oxygen atoms in total. The van der Waals surface area contributed by atoms with E-state index < -0.39 is 0 Å². The van der Waals surface area contributed by atoms with Gasteiger partial charge in [0.2, 0.25) is 5.91 Å². The SMILES string of the molecule is CCOc1ccccc1C(=O)NCCCC(=O)Nc1ccnn1Cc1ccc(CC)cc1. The molecule has 3 aromatic rings. The molecule has 0 aliphatic rings. The number of amides is 2. The minimum absolute atomic E-state index is 0.114. The van der Waals surface area contributed by atoms with Crippen molar-refractivity contribution in [1.29, 1.82) is 0 Å². The van der Waals surface area contributed by atoms with Crippen LogP contribution < -0.4 is 15.4 Å². The Morgan fingerprint density at radius 2 is 1.75 bits per heavy atom. The van der Waals surface area contributed by atoms with E-state index in [9.17, 15) is 9.59 Å². The molecule has 1 heterocycles. The number of nitrogens with zero attached hydrogens (tertiary/aromatic N) is 2. The first kappa shape index (κ1) is 23.1. The van der Waals surface area contributed by atoms with Gasteiger partial charge in [0, 0.05) is 19.0 Å². The van der Waals surface area contributed by atoms with E-state index in [0.717, 1.165) is 12.0 Å². The number of aromatic nitrogens is 2. The van der Waals surface area contributed by atoms with E-state index in [1.54, 1.807) is 35.1 Å². The first-order valence-electron chi connectivity index (χ1n) is 11.0. The summed E-state index contributed by atoms with van der Waals surface area (Å²) in [5.74, 6) is 0.894. The number of anilines is 1. The van der Waals surface area contributed by atoms with Crippen LogP contribution in [0.5, 0.6) is 5.75 Å². The van der Waals surface area contributed by atoms with Gasteiger partial charge >= 0.3 is 0 Å². The van der Waals surface area contributed by atoms with Crippen LogP contribution in [0, 0.1) is 0 Å². The highest BCUT2D eigenvalue weighted by atomic mass is 16.5. The minimum atomic E-state index is -0.207. The van der Waals surface area contributed by atoms with Crippen LogP contribution in [0.25, 0.3) is 0 Å². The zero-order chi connectivity index (χ0) is 22.8. The van der Waals surface area contributed by atoms with E-state index in [4.69, 9.17) is 4.74 Å². The molecular formula is C25H30N4O3. The number of benzene rings is 2. The average Bonchev–Trinajstić information content (AvgIpc) is 3.24. The minimum Gasteiger partial charge on any atom is -0.493 e. The van der Waals surface area contributed by atoms with Crippen molar-refractivity contribution in [2.24, 2.45) is 0 Å². The molecule has 2 N–H and O–H groups in total. The molecule has 2 amide bonds. The van der Waals surface area contributed by atoms with Crippen LogP contribution >= 0.6 is 0 Å². The van der Waals surface area contributed by atoms with Gasteiger partial charge in [-0.15, -0.1) is 0 Å². The van der Waals surface area contributed by atoms with Gasteiger partial charge in [0.25, 0.3) is 5.91 Å². The quantitative estimate of drug-likeness (QED) is 0.446. The van der Waals surface area contributed by atoms with Gasteiger partial charge in [-0.3, -0.25) is 9.59 Å². The Morgan fingerprint density at radius 3 is 2.50 bits per heavy atom. The molecule has 0 atom stereocenters. The van der Waals surface area contributed by atoms with Gasteiger partial charge in [0.15, 0.2) is 0 Å². The van der Waals surface area contributed by atoms with Gasteiger partial charge in [0.1, 0.15) is 11.6 Å². The van der Waals surface area contributed by atoms with Crippen LogP contribution in [-0.4, -0.2) is 34.7 Å². The fourth-order valence-electron chi connectivity index (χ4n) is 3.31. The summed E-state index contributed by atoms with van der Waals surface area (Å²) < 4.78 is 7.26. The summed E-state index contributed by atoms with van der Waals surface area (Å²) in [5, 5.41) is 10.1. The lowest BCUT2D eigenvalue weighted by Crippen LogP contribution is -2.26. The number of para-hydroxylation sites is 1. The highest BCUT2D eigenvalue weighted by molar-refractivity contribution is 5.97. The van der Waals surface area contributed by atoms with Gasteiger partial charge < -0.3 is 15.4 Å². The van der Waals surface area contributed by atoms with Crippen molar-refractivity contribution in [3.05, 3.63) is 77.5 Å². The molecule has 7 heteroatoms. The molecule has 2 aromatic carbocycles. The van der Waals surface area contributed by atoms with Crippen LogP contribution in [0.2, 0.25) is 0 Å². The van der Waals surface area contributed by atoms with E-state index in [1.165, 1.54) is 5.56 Å². The maximum absolute atomic E-state index is 12.4. The van der Waals surface area contributed by atoms with E-state index in [2.05, 4.69) is 46.9 Å². The molecule has 0 aliphatic heterocycles. The molecule has 0 saturated heterocycles. The third kappa shape index (κ3) is 6.44. The molecule has 0 bridgehead atoms. The summed E-state index contributed by atoms with van der Waals surface area (Å²) in [6.07, 6.45) is 3.50. The second kappa shape index (κ2) is 11.7. The normalized spacial score (nSPS) is 10.6. The molecule has 0 spiro atoms. The topological polar surface area (TPSA) is 85.2 Å².